The first-order chi connectivity index (χ1) is 5.56. The Morgan fingerprint density at radius 3 is 2.67 bits per heavy atom. The summed E-state index contributed by atoms with van der Waals surface area (Å²) in [5, 5.41) is 0. The van der Waals surface area contributed by atoms with Crippen LogP contribution in [-0.4, -0.2) is 9.97 Å². The molecule has 3 heteroatoms. The molecule has 12 heavy (non-hydrogen) atoms. The van der Waals surface area contributed by atoms with Crippen LogP contribution in [0.25, 0.3) is 0 Å². The van der Waals surface area contributed by atoms with Gasteiger partial charge in [-0.25, -0.2) is 9.97 Å². The lowest BCUT2D eigenvalue weighted by atomic mass is 9.95. The molecule has 1 unspecified atom stereocenters. The van der Waals surface area contributed by atoms with E-state index < -0.39 is 0 Å². The van der Waals surface area contributed by atoms with Gasteiger partial charge in [0.1, 0.15) is 6.33 Å². The monoisotopic (exact) mass is 165 g/mol. The van der Waals surface area contributed by atoms with Crippen molar-refractivity contribution in [3.63, 3.8) is 0 Å². The van der Waals surface area contributed by atoms with Crippen LogP contribution in [0.4, 0.5) is 0 Å². The largest absolute Gasteiger partial charge is 0.320 e. The Morgan fingerprint density at radius 2 is 2.17 bits per heavy atom. The molecule has 3 nitrogen and oxygen atoms in total. The molecule has 0 aliphatic rings. The normalized spacial score (nSPS) is 15.7. The Bertz CT molecular complexity index is 268. The van der Waals surface area contributed by atoms with Crippen LogP contribution < -0.4 is 5.73 Å². The highest BCUT2D eigenvalue weighted by Gasteiger charge is 2.19. The van der Waals surface area contributed by atoms with Crippen LogP contribution in [-0.2, 0) is 5.54 Å². The SMILES string of the molecule is CCC(C)(N)c1cc(C)ncn1. The molecule has 1 atom stereocenters. The van der Waals surface area contributed by atoms with Crippen LogP contribution in [0.1, 0.15) is 31.7 Å². The fourth-order valence-corrected chi connectivity index (χ4v) is 0.948. The molecule has 0 aliphatic heterocycles. The Balaban J connectivity index is 3.03. The maximum absolute atomic E-state index is 6.02. The standard InChI is InChI=1S/C9H15N3/c1-4-9(3,10)8-5-7(2)11-6-12-8/h5-6H,4,10H2,1-3H3. The predicted octanol–water partition coefficient (Wildman–Crippen LogP) is 1.37. The first-order valence-corrected chi connectivity index (χ1v) is 4.14. The Hall–Kier alpha value is -0.960. The van der Waals surface area contributed by atoms with Gasteiger partial charge in [-0.3, -0.25) is 0 Å². The van der Waals surface area contributed by atoms with Gasteiger partial charge in [0.25, 0.3) is 0 Å². The molecule has 1 rings (SSSR count). The van der Waals surface area contributed by atoms with Crippen molar-refractivity contribution in [3.8, 4) is 0 Å². The summed E-state index contributed by atoms with van der Waals surface area (Å²) in [5.74, 6) is 0. The molecule has 1 aromatic heterocycles. The summed E-state index contributed by atoms with van der Waals surface area (Å²) in [5.41, 5.74) is 7.57. The number of nitrogens with zero attached hydrogens (tertiary/aromatic N) is 2. The van der Waals surface area contributed by atoms with Crippen molar-refractivity contribution in [3.05, 3.63) is 23.8 Å². The molecule has 0 amide bonds. The van der Waals surface area contributed by atoms with E-state index in [0.717, 1.165) is 17.8 Å². The van der Waals surface area contributed by atoms with E-state index in [2.05, 4.69) is 16.9 Å². The van der Waals surface area contributed by atoms with Gasteiger partial charge in [-0.05, 0) is 26.3 Å². The summed E-state index contributed by atoms with van der Waals surface area (Å²) in [7, 11) is 0. The summed E-state index contributed by atoms with van der Waals surface area (Å²) in [4.78, 5) is 8.17. The zero-order valence-corrected chi connectivity index (χ0v) is 7.83. The smallest absolute Gasteiger partial charge is 0.115 e. The third-order valence-electron chi connectivity index (χ3n) is 2.12. The number of rotatable bonds is 2. The average molecular weight is 165 g/mol. The molecule has 66 valence electrons. The lowest BCUT2D eigenvalue weighted by Crippen LogP contribution is -2.33. The quantitative estimate of drug-likeness (QED) is 0.720. The molecule has 0 fully saturated rings. The second-order valence-corrected chi connectivity index (χ2v) is 3.32. The predicted molar refractivity (Wildman–Crippen MR) is 48.6 cm³/mol. The molecular formula is C9H15N3. The molecule has 0 spiro atoms. The first kappa shape index (κ1) is 9.13. The van der Waals surface area contributed by atoms with Crippen LogP contribution >= 0.6 is 0 Å². The van der Waals surface area contributed by atoms with E-state index in [1.54, 1.807) is 6.33 Å². The highest BCUT2D eigenvalue weighted by Crippen LogP contribution is 2.18. The Labute approximate surface area is 73.0 Å². The van der Waals surface area contributed by atoms with E-state index in [1.807, 2.05) is 19.9 Å². The summed E-state index contributed by atoms with van der Waals surface area (Å²) in [6.07, 6.45) is 2.44. The minimum absolute atomic E-state index is 0.326. The van der Waals surface area contributed by atoms with Crippen molar-refractivity contribution in [2.45, 2.75) is 32.7 Å². The van der Waals surface area contributed by atoms with Crippen molar-refractivity contribution in [2.75, 3.05) is 0 Å². The lowest BCUT2D eigenvalue weighted by Gasteiger charge is -2.21. The molecule has 0 saturated heterocycles. The Morgan fingerprint density at radius 1 is 1.50 bits per heavy atom. The third kappa shape index (κ3) is 1.80. The number of aromatic nitrogens is 2. The maximum atomic E-state index is 6.02. The Kier molecular flexibility index (Phi) is 2.43. The van der Waals surface area contributed by atoms with Crippen LogP contribution in [0.5, 0.6) is 0 Å². The van der Waals surface area contributed by atoms with Crippen LogP contribution in [0, 0.1) is 6.92 Å². The molecule has 0 saturated carbocycles. The van der Waals surface area contributed by atoms with Gasteiger partial charge >= 0.3 is 0 Å². The highest BCUT2D eigenvalue weighted by molar-refractivity contribution is 5.14. The zero-order valence-electron chi connectivity index (χ0n) is 7.83. The van der Waals surface area contributed by atoms with E-state index in [1.165, 1.54) is 0 Å². The molecule has 0 aliphatic carbocycles. The van der Waals surface area contributed by atoms with Gasteiger partial charge in [-0.15, -0.1) is 0 Å². The first-order valence-electron chi connectivity index (χ1n) is 4.14. The van der Waals surface area contributed by atoms with Crippen molar-refractivity contribution >= 4 is 0 Å². The van der Waals surface area contributed by atoms with E-state index >= 15 is 0 Å². The second kappa shape index (κ2) is 3.19. The molecule has 2 N–H and O–H groups in total. The molecule has 0 bridgehead atoms. The van der Waals surface area contributed by atoms with Gasteiger partial charge in [0.2, 0.25) is 0 Å². The van der Waals surface area contributed by atoms with Gasteiger partial charge in [-0.1, -0.05) is 6.92 Å². The fraction of sp³-hybridized carbons (Fsp3) is 0.556. The summed E-state index contributed by atoms with van der Waals surface area (Å²) in [6.45, 7) is 5.98. The average Bonchev–Trinajstić information content (AvgIpc) is 2.05. The van der Waals surface area contributed by atoms with Gasteiger partial charge in [0.05, 0.1) is 11.2 Å². The van der Waals surface area contributed by atoms with Gasteiger partial charge in [0, 0.05) is 5.69 Å². The van der Waals surface area contributed by atoms with Gasteiger partial charge in [-0.2, -0.15) is 0 Å². The van der Waals surface area contributed by atoms with Crippen molar-refractivity contribution in [1.29, 1.82) is 0 Å². The van der Waals surface area contributed by atoms with E-state index in [4.69, 9.17) is 5.73 Å². The number of hydrogen-bond donors (Lipinski definition) is 1. The summed E-state index contributed by atoms with van der Waals surface area (Å²) in [6, 6.07) is 1.93. The minimum Gasteiger partial charge on any atom is -0.320 e. The van der Waals surface area contributed by atoms with Crippen LogP contribution in [0.2, 0.25) is 0 Å². The van der Waals surface area contributed by atoms with Crippen LogP contribution in [0.3, 0.4) is 0 Å². The van der Waals surface area contributed by atoms with Gasteiger partial charge < -0.3 is 5.73 Å². The number of aryl methyl sites for hydroxylation is 1. The maximum Gasteiger partial charge on any atom is 0.115 e. The number of hydrogen-bond acceptors (Lipinski definition) is 3. The second-order valence-electron chi connectivity index (χ2n) is 3.32. The van der Waals surface area contributed by atoms with Crippen molar-refractivity contribution in [2.24, 2.45) is 5.73 Å². The molecule has 1 aromatic rings. The fourth-order valence-electron chi connectivity index (χ4n) is 0.948. The number of nitrogens with two attached hydrogens (primary N) is 1. The highest BCUT2D eigenvalue weighted by atomic mass is 14.9. The summed E-state index contributed by atoms with van der Waals surface area (Å²) >= 11 is 0. The zero-order chi connectivity index (χ0) is 9.19. The van der Waals surface area contributed by atoms with E-state index in [0.29, 0.717) is 0 Å². The van der Waals surface area contributed by atoms with E-state index in [9.17, 15) is 0 Å². The van der Waals surface area contributed by atoms with Crippen molar-refractivity contribution < 1.29 is 0 Å². The van der Waals surface area contributed by atoms with Gasteiger partial charge in [0.15, 0.2) is 0 Å². The summed E-state index contributed by atoms with van der Waals surface area (Å²) < 4.78 is 0. The topological polar surface area (TPSA) is 51.8 Å². The lowest BCUT2D eigenvalue weighted by molar-refractivity contribution is 0.460. The molecule has 1 heterocycles. The van der Waals surface area contributed by atoms with Crippen LogP contribution in [0.15, 0.2) is 12.4 Å². The molecule has 0 aromatic carbocycles. The van der Waals surface area contributed by atoms with E-state index in [-0.39, 0.29) is 5.54 Å². The molecule has 0 radical (unpaired) electrons. The van der Waals surface area contributed by atoms with Crippen molar-refractivity contribution in [1.82, 2.24) is 9.97 Å². The third-order valence-corrected chi connectivity index (χ3v) is 2.12. The molecular weight excluding hydrogens is 150 g/mol. The minimum atomic E-state index is -0.326.